The first-order valence-corrected chi connectivity index (χ1v) is 10.5. The van der Waals surface area contributed by atoms with Crippen LogP contribution in [0.5, 0.6) is 11.5 Å². The number of likely N-dealkylation sites (N-methyl/N-ethyl adjacent to an activating group) is 1. The van der Waals surface area contributed by atoms with Crippen molar-refractivity contribution in [2.24, 2.45) is 0 Å². The van der Waals surface area contributed by atoms with Crippen LogP contribution in [0.3, 0.4) is 0 Å². The van der Waals surface area contributed by atoms with Crippen LogP contribution in [0.4, 0.5) is 10.8 Å². The summed E-state index contributed by atoms with van der Waals surface area (Å²) in [5.41, 5.74) is -0.0931. The number of amides is 1. The molecule has 32 heavy (non-hydrogen) atoms. The molecule has 0 unspecified atom stereocenters. The number of rotatable bonds is 9. The summed E-state index contributed by atoms with van der Waals surface area (Å²) in [5, 5.41) is 11.9. The number of hydrogen-bond donors (Lipinski definition) is 0. The molecule has 10 nitrogen and oxygen atoms in total. The summed E-state index contributed by atoms with van der Waals surface area (Å²) < 4.78 is 16.5. The maximum atomic E-state index is 12.7. The first-order chi connectivity index (χ1) is 15.4. The molecule has 1 amide bonds. The number of esters is 1. The lowest BCUT2D eigenvalue weighted by molar-refractivity contribution is -0.385. The number of methoxy groups -OCH3 is 1. The third kappa shape index (κ3) is 4.78. The number of benzene rings is 2. The van der Waals surface area contributed by atoms with Crippen LogP contribution in [0.25, 0.3) is 10.2 Å². The molecule has 0 saturated heterocycles. The quantitative estimate of drug-likeness (QED) is 0.269. The third-order valence-electron chi connectivity index (χ3n) is 4.46. The second kappa shape index (κ2) is 10.1. The fourth-order valence-corrected chi connectivity index (χ4v) is 4.01. The minimum Gasteiger partial charge on any atom is -0.493 e. The minimum absolute atomic E-state index is 0.110. The molecule has 0 atom stereocenters. The van der Waals surface area contributed by atoms with E-state index in [1.165, 1.54) is 29.4 Å². The number of aromatic nitrogens is 1. The molecule has 3 aromatic rings. The lowest BCUT2D eigenvalue weighted by atomic mass is 10.1. The normalized spacial score (nSPS) is 10.6. The van der Waals surface area contributed by atoms with Gasteiger partial charge in [0.25, 0.3) is 11.6 Å². The van der Waals surface area contributed by atoms with Gasteiger partial charge in [0.2, 0.25) is 0 Å². The number of para-hydroxylation sites is 1. The second-order valence-electron chi connectivity index (χ2n) is 6.39. The lowest BCUT2D eigenvalue weighted by Gasteiger charge is -2.17. The van der Waals surface area contributed by atoms with Gasteiger partial charge in [-0.25, -0.2) is 9.78 Å². The summed E-state index contributed by atoms with van der Waals surface area (Å²) >= 11 is 1.34. The highest BCUT2D eigenvalue weighted by atomic mass is 32.1. The van der Waals surface area contributed by atoms with Crippen LogP contribution < -0.4 is 14.4 Å². The van der Waals surface area contributed by atoms with Crippen LogP contribution in [-0.2, 0) is 9.53 Å². The minimum atomic E-state index is -1.02. The topological polar surface area (TPSA) is 121 Å². The van der Waals surface area contributed by atoms with Gasteiger partial charge < -0.3 is 14.2 Å². The summed E-state index contributed by atoms with van der Waals surface area (Å²) in [6.45, 7) is 3.46. The number of nitro groups is 1. The summed E-state index contributed by atoms with van der Waals surface area (Å²) in [6.07, 6.45) is 0. The molecule has 0 aliphatic rings. The average molecular weight is 459 g/mol. The molecule has 1 heterocycles. The average Bonchev–Trinajstić information content (AvgIpc) is 3.21. The van der Waals surface area contributed by atoms with Crippen molar-refractivity contribution < 1.29 is 28.7 Å². The summed E-state index contributed by atoms with van der Waals surface area (Å²) in [4.78, 5) is 41.9. The van der Waals surface area contributed by atoms with Crippen molar-refractivity contribution in [2.75, 3.05) is 31.8 Å². The maximum Gasteiger partial charge on any atom is 0.345 e. The van der Waals surface area contributed by atoms with E-state index in [2.05, 4.69) is 4.98 Å². The van der Waals surface area contributed by atoms with Gasteiger partial charge in [0.1, 0.15) is 5.56 Å². The summed E-state index contributed by atoms with van der Waals surface area (Å²) in [7, 11) is 1.33. The highest BCUT2D eigenvalue weighted by Crippen LogP contribution is 2.35. The molecule has 0 fully saturated rings. The van der Waals surface area contributed by atoms with Gasteiger partial charge in [0, 0.05) is 12.6 Å². The molecule has 3 rings (SSSR count). The molecule has 168 valence electrons. The van der Waals surface area contributed by atoms with E-state index < -0.39 is 29.1 Å². The molecule has 0 bridgehead atoms. The van der Waals surface area contributed by atoms with Crippen LogP contribution in [0.2, 0.25) is 0 Å². The fraction of sp³-hybridized carbons (Fsp3) is 0.286. The predicted molar refractivity (Wildman–Crippen MR) is 119 cm³/mol. The van der Waals surface area contributed by atoms with Crippen molar-refractivity contribution in [2.45, 2.75) is 13.8 Å². The van der Waals surface area contributed by atoms with Crippen molar-refractivity contribution in [1.82, 2.24) is 4.98 Å². The van der Waals surface area contributed by atoms with Crippen LogP contribution in [-0.4, -0.2) is 48.7 Å². The van der Waals surface area contributed by atoms with E-state index in [0.717, 1.165) is 16.3 Å². The molecular weight excluding hydrogens is 438 g/mol. The number of thiazole rings is 1. The lowest BCUT2D eigenvalue weighted by Crippen LogP contribution is -2.34. The molecular formula is C21H21N3O7S. The Bertz CT molecular complexity index is 1130. The zero-order chi connectivity index (χ0) is 23.3. The maximum absolute atomic E-state index is 12.7. The standard InChI is InChI=1S/C21H21N3O7S/c1-4-23(21-22-14-8-6-7-9-18(14)32-21)19(25)12-31-20(26)13-10-17(30-5-2)16(29-3)11-15(13)24(27)28/h6-11H,4-5,12H2,1-3H3. The largest absolute Gasteiger partial charge is 0.493 e. The first-order valence-electron chi connectivity index (χ1n) is 9.71. The van der Waals surface area contributed by atoms with Crippen LogP contribution in [0, 0.1) is 10.1 Å². The number of carbonyl (C=O) groups excluding carboxylic acids is 2. The summed E-state index contributed by atoms with van der Waals surface area (Å²) in [5.74, 6) is -1.25. The van der Waals surface area contributed by atoms with Crippen molar-refractivity contribution in [3.63, 3.8) is 0 Å². The zero-order valence-electron chi connectivity index (χ0n) is 17.7. The van der Waals surface area contributed by atoms with Crippen LogP contribution in [0.15, 0.2) is 36.4 Å². The van der Waals surface area contributed by atoms with E-state index >= 15 is 0 Å². The number of ether oxygens (including phenoxy) is 3. The van der Waals surface area contributed by atoms with Crippen LogP contribution >= 0.6 is 11.3 Å². The Kier molecular flexibility index (Phi) is 7.21. The molecule has 0 saturated carbocycles. The number of anilines is 1. The fourth-order valence-electron chi connectivity index (χ4n) is 2.97. The van der Waals surface area contributed by atoms with Gasteiger partial charge in [-0.15, -0.1) is 0 Å². The Morgan fingerprint density at radius 2 is 1.94 bits per heavy atom. The molecule has 1 aromatic heterocycles. The molecule has 0 radical (unpaired) electrons. The SMILES string of the molecule is CCOc1cc(C(=O)OCC(=O)N(CC)c2nc3ccccc3s2)c([N+](=O)[O-])cc1OC. The highest BCUT2D eigenvalue weighted by Gasteiger charge is 2.27. The van der Waals surface area contributed by atoms with E-state index in [9.17, 15) is 19.7 Å². The van der Waals surface area contributed by atoms with E-state index in [4.69, 9.17) is 14.2 Å². The monoisotopic (exact) mass is 459 g/mol. The highest BCUT2D eigenvalue weighted by molar-refractivity contribution is 7.22. The molecule has 2 aromatic carbocycles. The van der Waals surface area contributed by atoms with Crippen LogP contribution in [0.1, 0.15) is 24.2 Å². The Balaban J connectivity index is 1.79. The van der Waals surface area contributed by atoms with E-state index in [1.807, 2.05) is 24.3 Å². The Morgan fingerprint density at radius 1 is 1.19 bits per heavy atom. The van der Waals surface area contributed by atoms with Crippen molar-refractivity contribution in [3.05, 3.63) is 52.1 Å². The summed E-state index contributed by atoms with van der Waals surface area (Å²) in [6, 6.07) is 9.73. The number of fused-ring (bicyclic) bond motifs is 1. The number of carbonyl (C=O) groups is 2. The van der Waals surface area contributed by atoms with E-state index in [0.29, 0.717) is 11.7 Å². The molecule has 0 aliphatic heterocycles. The van der Waals surface area contributed by atoms with Crippen molar-refractivity contribution in [3.8, 4) is 11.5 Å². The third-order valence-corrected chi connectivity index (χ3v) is 5.52. The van der Waals surface area contributed by atoms with Gasteiger partial charge in [-0.2, -0.15) is 0 Å². The van der Waals surface area contributed by atoms with E-state index in [1.54, 1.807) is 13.8 Å². The first kappa shape index (κ1) is 22.9. The van der Waals surface area contributed by atoms with Gasteiger partial charge in [0.05, 0.1) is 34.9 Å². The number of nitro benzene ring substituents is 1. The Hall–Kier alpha value is -3.73. The Labute approximate surface area is 187 Å². The van der Waals surface area contributed by atoms with Gasteiger partial charge >= 0.3 is 5.97 Å². The van der Waals surface area contributed by atoms with Gasteiger partial charge in [-0.3, -0.25) is 19.8 Å². The molecule has 0 N–H and O–H groups in total. The molecule has 11 heteroatoms. The van der Waals surface area contributed by atoms with Gasteiger partial charge in [-0.1, -0.05) is 23.5 Å². The van der Waals surface area contributed by atoms with Crippen molar-refractivity contribution >= 4 is 44.2 Å². The number of nitrogens with zero attached hydrogens (tertiary/aromatic N) is 3. The predicted octanol–water partition coefficient (Wildman–Crippen LogP) is 3.82. The zero-order valence-corrected chi connectivity index (χ0v) is 18.5. The Morgan fingerprint density at radius 3 is 2.56 bits per heavy atom. The van der Waals surface area contributed by atoms with Crippen molar-refractivity contribution in [1.29, 1.82) is 0 Å². The van der Waals surface area contributed by atoms with Gasteiger partial charge in [0.15, 0.2) is 23.2 Å². The van der Waals surface area contributed by atoms with E-state index in [-0.39, 0.29) is 23.7 Å². The smallest absolute Gasteiger partial charge is 0.345 e. The molecule has 0 aliphatic carbocycles. The van der Waals surface area contributed by atoms with Gasteiger partial charge in [-0.05, 0) is 26.0 Å². The number of hydrogen-bond acceptors (Lipinski definition) is 9. The molecule has 0 spiro atoms. The second-order valence-corrected chi connectivity index (χ2v) is 7.40.